The van der Waals surface area contributed by atoms with E-state index in [2.05, 4.69) is 25.8 Å². The van der Waals surface area contributed by atoms with Gasteiger partial charge in [-0.1, -0.05) is 42.5 Å². The molecule has 0 saturated heterocycles. The number of nitrogens with one attached hydrogen (secondary N) is 2. The summed E-state index contributed by atoms with van der Waals surface area (Å²) >= 11 is 0. The molecule has 2 aromatic heterocycles. The van der Waals surface area contributed by atoms with E-state index in [4.69, 9.17) is 0 Å². The molecule has 2 aromatic carbocycles. The lowest BCUT2D eigenvalue weighted by molar-refractivity contribution is -0.163. The van der Waals surface area contributed by atoms with E-state index in [0.29, 0.717) is 36.5 Å². The first-order valence-corrected chi connectivity index (χ1v) is 14.9. The Labute approximate surface area is 251 Å². The predicted molar refractivity (Wildman–Crippen MR) is 154 cm³/mol. The number of rotatable bonds is 4. The van der Waals surface area contributed by atoms with Crippen LogP contribution in [-0.4, -0.2) is 37.7 Å². The minimum atomic E-state index is -4.44. The van der Waals surface area contributed by atoms with E-state index in [0.717, 1.165) is 22.3 Å². The highest BCUT2D eigenvalue weighted by atomic mass is 19.4. The molecule has 4 heterocycles. The van der Waals surface area contributed by atoms with Crippen molar-refractivity contribution in [2.75, 3.05) is 5.32 Å². The molecule has 8 rings (SSSR count). The number of benzene rings is 2. The highest BCUT2D eigenvalue weighted by Gasteiger charge is 2.68. The first kappa shape index (κ1) is 27.0. The number of hydrogen-bond donors (Lipinski definition) is 2. The second kappa shape index (κ2) is 9.23. The lowest BCUT2D eigenvalue weighted by Gasteiger charge is -2.37. The van der Waals surface area contributed by atoms with Gasteiger partial charge in [0.1, 0.15) is 17.1 Å². The standard InChI is InChI=1S/C33H29F3N6O2/c1-18-23(19-6-3-2-4-7-19)15-25(27-40-41-29(42(18)27)32(11-12-32)33(34,35)36)38-28(43)20-9-10-21-16-31(17-22(21)14-20)24-8-5-13-37-26(24)39-30(31)44/h2-10,13-14,18,23,25H,11-12,15-17H2,1H3,(H,38,43)(H,37,39,44)/t18-,23-,25+,31-/m1/s1. The van der Waals surface area contributed by atoms with Gasteiger partial charge in [0, 0.05) is 29.3 Å². The number of hydrogen-bond acceptors (Lipinski definition) is 5. The molecule has 11 heteroatoms. The van der Waals surface area contributed by atoms with Crippen LogP contribution in [0.15, 0.2) is 66.9 Å². The summed E-state index contributed by atoms with van der Waals surface area (Å²) in [6.07, 6.45) is -1.42. The van der Waals surface area contributed by atoms with Gasteiger partial charge in [-0.15, -0.1) is 10.2 Å². The van der Waals surface area contributed by atoms with Gasteiger partial charge in [-0.05, 0) is 73.9 Å². The number of alkyl halides is 3. The molecule has 4 aromatic rings. The molecule has 0 bridgehead atoms. The Morgan fingerprint density at radius 2 is 1.80 bits per heavy atom. The minimum Gasteiger partial charge on any atom is -0.342 e. The van der Waals surface area contributed by atoms with Crippen LogP contribution in [0.5, 0.6) is 0 Å². The van der Waals surface area contributed by atoms with Crippen LogP contribution in [0, 0.1) is 0 Å². The van der Waals surface area contributed by atoms with Crippen LogP contribution in [0.2, 0.25) is 0 Å². The number of aromatic nitrogens is 4. The zero-order valence-corrected chi connectivity index (χ0v) is 23.9. The van der Waals surface area contributed by atoms with Gasteiger partial charge in [0.15, 0.2) is 5.82 Å². The second-order valence-electron chi connectivity index (χ2n) is 12.6. The van der Waals surface area contributed by atoms with E-state index in [-0.39, 0.29) is 42.4 Å². The molecule has 1 saturated carbocycles. The van der Waals surface area contributed by atoms with Crippen LogP contribution >= 0.6 is 0 Å². The maximum absolute atomic E-state index is 14.3. The smallest absolute Gasteiger partial charge is 0.342 e. The van der Waals surface area contributed by atoms with Crippen molar-refractivity contribution in [3.8, 4) is 0 Å². The van der Waals surface area contributed by atoms with Crippen LogP contribution < -0.4 is 10.6 Å². The molecule has 4 aliphatic rings. The third kappa shape index (κ3) is 3.80. The summed E-state index contributed by atoms with van der Waals surface area (Å²) in [6, 6.07) is 17.9. The zero-order chi connectivity index (χ0) is 30.4. The van der Waals surface area contributed by atoms with Crippen LogP contribution in [-0.2, 0) is 28.5 Å². The van der Waals surface area contributed by atoms with Crippen molar-refractivity contribution in [2.24, 2.45) is 0 Å². The molecule has 1 fully saturated rings. The normalized spacial score (nSPS) is 26.1. The van der Waals surface area contributed by atoms with Crippen molar-refractivity contribution in [3.63, 3.8) is 0 Å². The van der Waals surface area contributed by atoms with Crippen molar-refractivity contribution in [3.05, 3.63) is 106 Å². The van der Waals surface area contributed by atoms with E-state index >= 15 is 0 Å². The Kier molecular flexibility index (Phi) is 5.67. The highest BCUT2D eigenvalue weighted by molar-refractivity contribution is 6.06. The Balaban J connectivity index is 1.12. The average Bonchev–Trinajstić information content (AvgIpc) is 3.44. The Hall–Kier alpha value is -4.54. The number of halogens is 3. The van der Waals surface area contributed by atoms with Gasteiger partial charge in [0.2, 0.25) is 5.91 Å². The van der Waals surface area contributed by atoms with E-state index in [1.54, 1.807) is 16.8 Å². The third-order valence-corrected chi connectivity index (χ3v) is 10.2. The monoisotopic (exact) mass is 598 g/mol. The molecule has 2 aliphatic carbocycles. The van der Waals surface area contributed by atoms with E-state index in [1.807, 2.05) is 61.5 Å². The van der Waals surface area contributed by atoms with Gasteiger partial charge >= 0.3 is 6.18 Å². The Morgan fingerprint density at radius 3 is 2.55 bits per heavy atom. The molecule has 8 nitrogen and oxygen atoms in total. The average molecular weight is 599 g/mol. The molecule has 1 spiro atoms. The zero-order valence-electron chi connectivity index (χ0n) is 23.9. The van der Waals surface area contributed by atoms with Crippen molar-refractivity contribution in [1.82, 2.24) is 25.1 Å². The van der Waals surface area contributed by atoms with E-state index in [9.17, 15) is 22.8 Å². The van der Waals surface area contributed by atoms with Gasteiger partial charge in [-0.25, -0.2) is 4.98 Å². The fourth-order valence-electron chi connectivity index (χ4n) is 7.65. The van der Waals surface area contributed by atoms with E-state index in [1.165, 1.54) is 0 Å². The first-order chi connectivity index (χ1) is 21.1. The van der Waals surface area contributed by atoms with Crippen molar-refractivity contribution in [2.45, 2.75) is 74.0 Å². The van der Waals surface area contributed by atoms with Gasteiger partial charge in [0.05, 0.1) is 11.5 Å². The summed E-state index contributed by atoms with van der Waals surface area (Å²) < 4.78 is 44.4. The predicted octanol–water partition coefficient (Wildman–Crippen LogP) is 5.48. The maximum Gasteiger partial charge on any atom is 0.401 e. The molecule has 224 valence electrons. The molecule has 44 heavy (non-hydrogen) atoms. The van der Waals surface area contributed by atoms with Crippen molar-refractivity contribution < 1.29 is 22.8 Å². The van der Waals surface area contributed by atoms with Crippen molar-refractivity contribution in [1.29, 1.82) is 0 Å². The number of anilines is 1. The van der Waals surface area contributed by atoms with Crippen molar-refractivity contribution >= 4 is 17.6 Å². The van der Waals surface area contributed by atoms with Crippen LogP contribution in [0.4, 0.5) is 19.0 Å². The molecule has 0 unspecified atom stereocenters. The summed E-state index contributed by atoms with van der Waals surface area (Å²) in [5.74, 6) is 0.229. The molecular weight excluding hydrogens is 569 g/mol. The number of carbonyl (C=O) groups excluding carboxylic acids is 2. The SMILES string of the molecule is C[C@@H]1[C@H](c2ccccc2)C[C@H](NC(=O)c2ccc3c(c2)C[C@@]2(C3)C(=O)Nc3ncccc32)c2nnc(C3(C(F)(F)F)CC3)n21. The van der Waals surface area contributed by atoms with Gasteiger partial charge in [0.25, 0.3) is 5.91 Å². The minimum absolute atomic E-state index is 0.0242. The topological polar surface area (TPSA) is 102 Å². The largest absolute Gasteiger partial charge is 0.401 e. The molecular formula is C33H29F3N6O2. The molecule has 4 atom stereocenters. The summed E-state index contributed by atoms with van der Waals surface area (Å²) in [5.41, 5.74) is 1.40. The van der Waals surface area contributed by atoms with Gasteiger partial charge < -0.3 is 15.2 Å². The number of nitrogens with zero attached hydrogens (tertiary/aromatic N) is 4. The molecule has 2 amide bonds. The maximum atomic E-state index is 14.3. The summed E-state index contributed by atoms with van der Waals surface area (Å²) in [5, 5.41) is 14.4. The Bertz CT molecular complexity index is 1830. The Morgan fingerprint density at radius 1 is 1.02 bits per heavy atom. The van der Waals surface area contributed by atoms with E-state index < -0.39 is 23.0 Å². The number of pyridine rings is 1. The van der Waals surface area contributed by atoms with Crippen LogP contribution in [0.25, 0.3) is 0 Å². The molecule has 0 radical (unpaired) electrons. The number of amides is 2. The molecule has 2 N–H and O–H groups in total. The first-order valence-electron chi connectivity index (χ1n) is 14.9. The lowest BCUT2D eigenvalue weighted by atomic mass is 9.79. The molecule has 2 aliphatic heterocycles. The quantitative estimate of drug-likeness (QED) is 0.324. The van der Waals surface area contributed by atoms with Gasteiger partial charge in [-0.2, -0.15) is 13.2 Å². The number of carbonyl (C=O) groups is 2. The fraction of sp³-hybridized carbons (Fsp3) is 0.364. The van der Waals surface area contributed by atoms with Crippen LogP contribution in [0.3, 0.4) is 0 Å². The van der Waals surface area contributed by atoms with Gasteiger partial charge in [-0.3, -0.25) is 9.59 Å². The number of fused-ring (bicyclic) bond motifs is 4. The highest BCUT2D eigenvalue weighted by Crippen LogP contribution is 2.60. The second-order valence-corrected chi connectivity index (χ2v) is 12.6. The van der Waals surface area contributed by atoms with Crippen LogP contribution in [0.1, 0.15) is 88.4 Å². The summed E-state index contributed by atoms with van der Waals surface area (Å²) in [7, 11) is 0. The fourth-order valence-corrected chi connectivity index (χ4v) is 7.65. The summed E-state index contributed by atoms with van der Waals surface area (Å²) in [4.78, 5) is 31.2. The summed E-state index contributed by atoms with van der Waals surface area (Å²) in [6.45, 7) is 1.90. The third-order valence-electron chi connectivity index (χ3n) is 10.2. The lowest BCUT2D eigenvalue weighted by Crippen LogP contribution is -2.39.